The van der Waals surface area contributed by atoms with Gasteiger partial charge in [0, 0.05) is 10.7 Å². The summed E-state index contributed by atoms with van der Waals surface area (Å²) in [7, 11) is 1.61. The zero-order valence-corrected chi connectivity index (χ0v) is 12.2. The maximum absolute atomic E-state index is 12.1. The van der Waals surface area contributed by atoms with Crippen LogP contribution in [0.25, 0.3) is 0 Å². The van der Waals surface area contributed by atoms with Gasteiger partial charge in [-0.2, -0.15) is 0 Å². The number of hydrogen-bond donors (Lipinski definition) is 1. The van der Waals surface area contributed by atoms with Crippen molar-refractivity contribution in [2.24, 2.45) is 5.73 Å². The summed E-state index contributed by atoms with van der Waals surface area (Å²) in [5.41, 5.74) is 7.74. The number of amides is 1. The first-order chi connectivity index (χ1) is 10.1. The van der Waals surface area contributed by atoms with Gasteiger partial charge < -0.3 is 15.4 Å². The minimum atomic E-state index is -0.534. The fourth-order valence-corrected chi connectivity index (χ4v) is 2.71. The van der Waals surface area contributed by atoms with Gasteiger partial charge in [-0.05, 0) is 42.0 Å². The van der Waals surface area contributed by atoms with E-state index >= 15 is 0 Å². The van der Waals surface area contributed by atoms with Crippen LogP contribution >= 0.6 is 11.6 Å². The lowest BCUT2D eigenvalue weighted by Gasteiger charge is -2.45. The van der Waals surface area contributed by atoms with Crippen LogP contribution in [-0.2, 0) is 4.79 Å². The number of carbonyl (C=O) groups excluding carboxylic acids is 1. The van der Waals surface area contributed by atoms with Crippen LogP contribution in [0.15, 0.2) is 48.5 Å². The average Bonchev–Trinajstić information content (AvgIpc) is 2.52. The molecule has 2 atom stereocenters. The van der Waals surface area contributed by atoms with Crippen molar-refractivity contribution >= 4 is 23.2 Å². The Morgan fingerprint density at radius 2 is 1.90 bits per heavy atom. The molecule has 1 fully saturated rings. The Labute approximate surface area is 128 Å². The summed E-state index contributed by atoms with van der Waals surface area (Å²) in [6.45, 7) is 0. The van der Waals surface area contributed by atoms with E-state index in [1.165, 1.54) is 0 Å². The van der Waals surface area contributed by atoms with Crippen LogP contribution in [0.3, 0.4) is 0 Å². The molecule has 1 aliphatic heterocycles. The van der Waals surface area contributed by atoms with E-state index in [9.17, 15) is 4.79 Å². The molecule has 2 unspecified atom stereocenters. The maximum atomic E-state index is 12.1. The molecule has 4 nitrogen and oxygen atoms in total. The Kier molecular flexibility index (Phi) is 3.57. The maximum Gasteiger partial charge on any atom is 0.247 e. The Morgan fingerprint density at radius 3 is 2.57 bits per heavy atom. The number of anilines is 1. The van der Waals surface area contributed by atoms with Crippen molar-refractivity contribution in [1.29, 1.82) is 0 Å². The minimum Gasteiger partial charge on any atom is -0.497 e. The van der Waals surface area contributed by atoms with Gasteiger partial charge in [0.1, 0.15) is 11.8 Å². The van der Waals surface area contributed by atoms with E-state index in [4.69, 9.17) is 22.1 Å². The van der Waals surface area contributed by atoms with Crippen molar-refractivity contribution < 1.29 is 9.53 Å². The third-order valence-corrected chi connectivity index (χ3v) is 3.93. The van der Waals surface area contributed by atoms with Crippen molar-refractivity contribution in [1.82, 2.24) is 0 Å². The summed E-state index contributed by atoms with van der Waals surface area (Å²) in [6.07, 6.45) is 0. The molecule has 3 rings (SSSR count). The zero-order valence-electron chi connectivity index (χ0n) is 11.5. The Morgan fingerprint density at radius 1 is 1.19 bits per heavy atom. The molecule has 2 N–H and O–H groups in total. The monoisotopic (exact) mass is 302 g/mol. The van der Waals surface area contributed by atoms with Crippen molar-refractivity contribution in [3.8, 4) is 5.75 Å². The van der Waals surface area contributed by atoms with Gasteiger partial charge >= 0.3 is 0 Å². The van der Waals surface area contributed by atoms with E-state index in [1.54, 1.807) is 24.1 Å². The highest BCUT2D eigenvalue weighted by molar-refractivity contribution is 6.30. The number of carbonyl (C=O) groups is 1. The summed E-state index contributed by atoms with van der Waals surface area (Å²) < 4.78 is 5.23. The van der Waals surface area contributed by atoms with Crippen LogP contribution in [0.2, 0.25) is 5.02 Å². The van der Waals surface area contributed by atoms with Crippen molar-refractivity contribution in [3.05, 3.63) is 59.1 Å². The number of halogens is 1. The van der Waals surface area contributed by atoms with Crippen LogP contribution in [0, 0.1) is 0 Å². The van der Waals surface area contributed by atoms with Crippen LogP contribution in [0.1, 0.15) is 11.6 Å². The Balaban J connectivity index is 1.96. The van der Waals surface area contributed by atoms with Crippen LogP contribution in [0.4, 0.5) is 5.69 Å². The summed E-state index contributed by atoms with van der Waals surface area (Å²) in [4.78, 5) is 13.8. The van der Waals surface area contributed by atoms with Gasteiger partial charge in [-0.3, -0.25) is 4.79 Å². The average molecular weight is 303 g/mol. The topological polar surface area (TPSA) is 55.6 Å². The molecule has 0 radical (unpaired) electrons. The second-order valence-electron chi connectivity index (χ2n) is 4.93. The summed E-state index contributed by atoms with van der Waals surface area (Å²) in [5, 5.41) is 0.633. The molecule has 1 saturated heterocycles. The molecular formula is C16H15ClN2O2. The summed E-state index contributed by atoms with van der Waals surface area (Å²) in [5.74, 6) is 0.653. The van der Waals surface area contributed by atoms with Crippen molar-refractivity contribution in [2.45, 2.75) is 12.1 Å². The summed E-state index contributed by atoms with van der Waals surface area (Å²) >= 11 is 5.89. The number of nitrogens with zero attached hydrogens (tertiary/aromatic N) is 1. The zero-order chi connectivity index (χ0) is 15.0. The van der Waals surface area contributed by atoms with Gasteiger partial charge in [0.25, 0.3) is 0 Å². The lowest BCUT2D eigenvalue weighted by atomic mass is 9.88. The lowest BCUT2D eigenvalue weighted by Crippen LogP contribution is -2.63. The molecular weight excluding hydrogens is 288 g/mol. The van der Waals surface area contributed by atoms with Crippen molar-refractivity contribution in [2.75, 3.05) is 12.0 Å². The van der Waals surface area contributed by atoms with E-state index in [2.05, 4.69) is 0 Å². The molecule has 0 saturated carbocycles. The Bertz CT molecular complexity index is 672. The molecule has 21 heavy (non-hydrogen) atoms. The molecule has 0 aliphatic carbocycles. The van der Waals surface area contributed by atoms with E-state index in [0.717, 1.165) is 17.0 Å². The number of β-lactam (4-membered cyclic amide) rings is 1. The van der Waals surface area contributed by atoms with Gasteiger partial charge in [0.2, 0.25) is 5.91 Å². The predicted octanol–water partition coefficient (Wildman–Crippen LogP) is 2.76. The van der Waals surface area contributed by atoms with Gasteiger partial charge in [-0.1, -0.05) is 23.7 Å². The van der Waals surface area contributed by atoms with Gasteiger partial charge in [-0.25, -0.2) is 0 Å². The molecule has 1 aliphatic rings. The van der Waals surface area contributed by atoms with E-state index in [0.29, 0.717) is 5.02 Å². The molecule has 0 bridgehead atoms. The van der Waals surface area contributed by atoms with E-state index < -0.39 is 6.04 Å². The largest absolute Gasteiger partial charge is 0.497 e. The standard InChI is InChI=1S/C16H15ClN2O2/c1-21-13-4-2-3-10(9-13)15-14(18)16(20)19(15)12-7-5-11(17)6-8-12/h2-9,14-15H,18H2,1H3. The molecule has 2 aromatic rings. The highest BCUT2D eigenvalue weighted by atomic mass is 35.5. The smallest absolute Gasteiger partial charge is 0.247 e. The van der Waals surface area contributed by atoms with Crippen LogP contribution in [0.5, 0.6) is 5.75 Å². The quantitative estimate of drug-likeness (QED) is 0.887. The minimum absolute atomic E-state index is 0.0925. The van der Waals surface area contributed by atoms with Crippen LogP contribution in [-0.4, -0.2) is 19.1 Å². The summed E-state index contributed by atoms with van der Waals surface area (Å²) in [6, 6.07) is 14.0. The molecule has 1 heterocycles. The molecule has 5 heteroatoms. The normalized spacial score (nSPS) is 21.1. The van der Waals surface area contributed by atoms with Gasteiger partial charge in [0.05, 0.1) is 13.2 Å². The highest BCUT2D eigenvalue weighted by Crippen LogP contribution is 2.39. The third-order valence-electron chi connectivity index (χ3n) is 3.68. The molecule has 2 aromatic carbocycles. The molecule has 108 valence electrons. The number of nitrogens with two attached hydrogens (primary N) is 1. The lowest BCUT2D eigenvalue weighted by molar-refractivity contribution is -0.126. The second-order valence-corrected chi connectivity index (χ2v) is 5.37. The van der Waals surface area contributed by atoms with Crippen molar-refractivity contribution in [3.63, 3.8) is 0 Å². The van der Waals surface area contributed by atoms with Gasteiger partial charge in [-0.15, -0.1) is 0 Å². The first-order valence-electron chi connectivity index (χ1n) is 6.60. The first-order valence-corrected chi connectivity index (χ1v) is 6.98. The molecule has 0 aromatic heterocycles. The third kappa shape index (κ3) is 2.37. The number of methoxy groups -OCH3 is 1. The molecule has 1 amide bonds. The molecule has 0 spiro atoms. The van der Waals surface area contributed by atoms with E-state index in [-0.39, 0.29) is 11.9 Å². The fourth-order valence-electron chi connectivity index (χ4n) is 2.58. The number of hydrogen-bond acceptors (Lipinski definition) is 3. The van der Waals surface area contributed by atoms with E-state index in [1.807, 2.05) is 36.4 Å². The second kappa shape index (κ2) is 5.39. The fraction of sp³-hybridized carbons (Fsp3) is 0.188. The van der Waals surface area contributed by atoms with Gasteiger partial charge in [0.15, 0.2) is 0 Å². The predicted molar refractivity (Wildman–Crippen MR) is 82.6 cm³/mol. The number of benzene rings is 2. The first kappa shape index (κ1) is 13.9. The number of rotatable bonds is 3. The SMILES string of the molecule is COc1cccc(C2C(N)C(=O)N2c2ccc(Cl)cc2)c1. The number of ether oxygens (including phenoxy) is 1. The van der Waals surface area contributed by atoms with Crippen LogP contribution < -0.4 is 15.4 Å². The highest BCUT2D eigenvalue weighted by Gasteiger charge is 2.46. The Hall–Kier alpha value is -2.04.